The van der Waals surface area contributed by atoms with Crippen molar-refractivity contribution in [2.24, 2.45) is 0 Å². The number of aromatic nitrogens is 2. The molecule has 1 N–H and O–H groups in total. The molecule has 5 heteroatoms. The third kappa shape index (κ3) is 2.19. The highest BCUT2D eigenvalue weighted by atomic mass is 32.1. The van der Waals surface area contributed by atoms with E-state index in [0.717, 1.165) is 0 Å². The molecule has 0 unspecified atom stereocenters. The number of halogens is 1. The maximum absolute atomic E-state index is 13.5. The third-order valence-electron chi connectivity index (χ3n) is 2.37. The van der Waals surface area contributed by atoms with Crippen molar-refractivity contribution in [2.45, 2.75) is 20.4 Å². The molecule has 16 heavy (non-hydrogen) atoms. The van der Waals surface area contributed by atoms with Crippen LogP contribution in [0.3, 0.4) is 0 Å². The smallest absolute Gasteiger partial charge is 0.186 e. The predicted octanol–water partition coefficient (Wildman–Crippen LogP) is 2.91. The topological polar surface area (TPSA) is 37.8 Å². The van der Waals surface area contributed by atoms with E-state index >= 15 is 0 Å². The van der Waals surface area contributed by atoms with Crippen molar-refractivity contribution in [3.05, 3.63) is 39.7 Å². The molecule has 0 aliphatic heterocycles. The summed E-state index contributed by atoms with van der Waals surface area (Å²) < 4.78 is 13.5. The summed E-state index contributed by atoms with van der Waals surface area (Å²) in [5.41, 5.74) is 2.74. The largest absolute Gasteiger partial charge is 0.363 e. The number of aryl methyl sites for hydroxylation is 2. The van der Waals surface area contributed by atoms with Crippen LogP contribution in [0.5, 0.6) is 0 Å². The van der Waals surface area contributed by atoms with Crippen LogP contribution in [0.25, 0.3) is 0 Å². The Labute approximate surface area is 97.4 Å². The molecule has 0 fully saturated rings. The summed E-state index contributed by atoms with van der Waals surface area (Å²) in [7, 11) is 0. The highest BCUT2D eigenvalue weighted by Crippen LogP contribution is 2.17. The van der Waals surface area contributed by atoms with Gasteiger partial charge < -0.3 is 5.32 Å². The monoisotopic (exact) mass is 237 g/mol. The minimum Gasteiger partial charge on any atom is -0.363 e. The van der Waals surface area contributed by atoms with E-state index in [-0.39, 0.29) is 11.6 Å². The first kappa shape index (κ1) is 11.0. The first-order valence-corrected chi connectivity index (χ1v) is 5.85. The van der Waals surface area contributed by atoms with Crippen LogP contribution in [0.15, 0.2) is 17.1 Å². The molecule has 3 nitrogen and oxygen atoms in total. The summed E-state index contributed by atoms with van der Waals surface area (Å²) in [6, 6.07) is 0. The van der Waals surface area contributed by atoms with Gasteiger partial charge in [-0.25, -0.2) is 14.4 Å². The first-order chi connectivity index (χ1) is 7.68. The van der Waals surface area contributed by atoms with Crippen molar-refractivity contribution >= 4 is 17.2 Å². The second-order valence-electron chi connectivity index (χ2n) is 3.56. The lowest BCUT2D eigenvalue weighted by atomic mass is 10.2. The van der Waals surface area contributed by atoms with Crippen LogP contribution in [-0.2, 0) is 6.54 Å². The fourth-order valence-electron chi connectivity index (χ4n) is 1.33. The van der Waals surface area contributed by atoms with Gasteiger partial charge in [-0.1, -0.05) is 0 Å². The highest BCUT2D eigenvalue weighted by molar-refractivity contribution is 7.08. The van der Waals surface area contributed by atoms with Crippen molar-refractivity contribution in [2.75, 3.05) is 5.32 Å². The number of rotatable bonds is 3. The first-order valence-electron chi connectivity index (χ1n) is 4.91. The lowest BCUT2D eigenvalue weighted by Gasteiger charge is -2.06. The van der Waals surface area contributed by atoms with Gasteiger partial charge in [-0.3, -0.25) is 0 Å². The molecule has 0 bridgehead atoms. The molecule has 2 aromatic heterocycles. The Morgan fingerprint density at radius 1 is 1.31 bits per heavy atom. The molecule has 0 amide bonds. The molecule has 0 aromatic carbocycles. The molecule has 2 heterocycles. The maximum atomic E-state index is 13.5. The van der Waals surface area contributed by atoms with Crippen LogP contribution < -0.4 is 5.32 Å². The fraction of sp³-hybridized carbons (Fsp3) is 0.273. The number of nitrogens with one attached hydrogen (secondary N) is 1. The van der Waals surface area contributed by atoms with Crippen molar-refractivity contribution < 1.29 is 4.39 Å². The van der Waals surface area contributed by atoms with Crippen molar-refractivity contribution in [1.29, 1.82) is 0 Å². The predicted molar refractivity (Wildman–Crippen MR) is 63.1 cm³/mol. The zero-order valence-corrected chi connectivity index (χ0v) is 9.94. The van der Waals surface area contributed by atoms with Gasteiger partial charge in [0.05, 0.1) is 5.69 Å². The van der Waals surface area contributed by atoms with E-state index in [4.69, 9.17) is 0 Å². The number of thiophene rings is 1. The molecule has 0 radical (unpaired) electrons. The Bertz CT molecular complexity index is 496. The van der Waals surface area contributed by atoms with Crippen LogP contribution in [0.4, 0.5) is 10.2 Å². The van der Waals surface area contributed by atoms with Crippen LogP contribution in [0.2, 0.25) is 0 Å². The average Bonchev–Trinajstić information content (AvgIpc) is 2.67. The van der Waals surface area contributed by atoms with E-state index in [2.05, 4.69) is 20.7 Å². The summed E-state index contributed by atoms with van der Waals surface area (Å²) in [4.78, 5) is 7.65. The van der Waals surface area contributed by atoms with Gasteiger partial charge in [0.2, 0.25) is 0 Å². The molecule has 0 aliphatic carbocycles. The van der Waals surface area contributed by atoms with Gasteiger partial charge in [0.1, 0.15) is 6.33 Å². The Balaban J connectivity index is 2.11. The molecular weight excluding hydrogens is 225 g/mol. The van der Waals surface area contributed by atoms with Crippen LogP contribution in [0.1, 0.15) is 16.8 Å². The minimum atomic E-state index is -0.379. The summed E-state index contributed by atoms with van der Waals surface area (Å²) in [5, 5.41) is 7.10. The van der Waals surface area contributed by atoms with E-state index in [1.165, 1.54) is 17.5 Å². The lowest BCUT2D eigenvalue weighted by molar-refractivity contribution is 0.604. The molecule has 0 saturated carbocycles. The highest BCUT2D eigenvalue weighted by Gasteiger charge is 2.07. The van der Waals surface area contributed by atoms with Crippen LogP contribution in [-0.4, -0.2) is 9.97 Å². The van der Waals surface area contributed by atoms with E-state index < -0.39 is 0 Å². The average molecular weight is 237 g/mol. The van der Waals surface area contributed by atoms with Gasteiger partial charge in [-0.15, -0.1) is 0 Å². The Kier molecular flexibility index (Phi) is 3.14. The molecule has 0 spiro atoms. The van der Waals surface area contributed by atoms with Crippen LogP contribution >= 0.6 is 11.3 Å². The maximum Gasteiger partial charge on any atom is 0.186 e. The standard InChI is InChI=1S/C11H12FN3S/c1-7-4-16-5-9(7)3-13-11-10(12)8(2)14-6-15-11/h4-6H,3H2,1-2H3,(H,13,14,15). The van der Waals surface area contributed by atoms with Gasteiger partial charge in [0.25, 0.3) is 0 Å². The number of anilines is 1. The van der Waals surface area contributed by atoms with Crippen molar-refractivity contribution in [3.8, 4) is 0 Å². The normalized spacial score (nSPS) is 10.4. The summed E-state index contributed by atoms with van der Waals surface area (Å²) in [6.07, 6.45) is 1.36. The molecular formula is C11H12FN3S. The van der Waals surface area contributed by atoms with Crippen molar-refractivity contribution in [1.82, 2.24) is 9.97 Å². The molecule has 84 valence electrons. The van der Waals surface area contributed by atoms with E-state index in [1.54, 1.807) is 18.3 Å². The fourth-order valence-corrected chi connectivity index (χ4v) is 2.19. The molecule has 0 aliphatic rings. The molecule has 2 aromatic rings. The zero-order chi connectivity index (χ0) is 11.5. The number of nitrogens with zero attached hydrogens (tertiary/aromatic N) is 2. The van der Waals surface area contributed by atoms with Gasteiger partial charge in [0, 0.05) is 6.54 Å². The van der Waals surface area contributed by atoms with Gasteiger partial charge in [-0.05, 0) is 35.7 Å². The van der Waals surface area contributed by atoms with E-state index in [9.17, 15) is 4.39 Å². The minimum absolute atomic E-state index is 0.262. The SMILES string of the molecule is Cc1cscc1CNc1ncnc(C)c1F. The van der Waals surface area contributed by atoms with Gasteiger partial charge >= 0.3 is 0 Å². The van der Waals surface area contributed by atoms with Gasteiger partial charge in [0.15, 0.2) is 11.6 Å². The Morgan fingerprint density at radius 3 is 2.81 bits per heavy atom. The molecule has 0 saturated heterocycles. The second kappa shape index (κ2) is 4.57. The third-order valence-corrected chi connectivity index (χ3v) is 3.28. The summed E-state index contributed by atoms with van der Waals surface area (Å²) in [6.45, 7) is 4.25. The van der Waals surface area contributed by atoms with Gasteiger partial charge in [-0.2, -0.15) is 11.3 Å². The quantitative estimate of drug-likeness (QED) is 0.892. The Morgan fingerprint density at radius 2 is 2.12 bits per heavy atom. The molecule has 0 atom stereocenters. The zero-order valence-electron chi connectivity index (χ0n) is 9.12. The van der Waals surface area contributed by atoms with E-state index in [0.29, 0.717) is 12.2 Å². The second-order valence-corrected chi connectivity index (χ2v) is 4.30. The lowest BCUT2D eigenvalue weighted by Crippen LogP contribution is -2.05. The number of hydrogen-bond acceptors (Lipinski definition) is 4. The van der Waals surface area contributed by atoms with Crippen LogP contribution in [0, 0.1) is 19.7 Å². The Hall–Kier alpha value is -1.49. The van der Waals surface area contributed by atoms with E-state index in [1.807, 2.05) is 12.3 Å². The molecule has 2 rings (SSSR count). The number of hydrogen-bond donors (Lipinski definition) is 1. The van der Waals surface area contributed by atoms with Crippen molar-refractivity contribution in [3.63, 3.8) is 0 Å². The summed E-state index contributed by atoms with van der Waals surface area (Å²) >= 11 is 1.64. The summed E-state index contributed by atoms with van der Waals surface area (Å²) in [5.74, 6) is -0.117.